The first-order valence-electron chi connectivity index (χ1n) is 3.20. The Balaban J connectivity index is 3.03. The molecule has 0 aliphatic carbocycles. The minimum Gasteiger partial charge on any atom is -0.434 e. The van der Waals surface area contributed by atoms with Gasteiger partial charge in [-0.3, -0.25) is 0 Å². The maximum absolute atomic E-state index is 4.95. The molecule has 0 spiro atoms. The molecule has 0 saturated carbocycles. The van der Waals surface area contributed by atoms with E-state index in [0.29, 0.717) is 4.71 Å². The Morgan fingerprint density at radius 2 is 2.09 bits per heavy atom. The summed E-state index contributed by atoms with van der Waals surface area (Å²) in [5.41, 5.74) is 0.878. The van der Waals surface area contributed by atoms with Crippen LogP contribution in [-0.4, -0.2) is 4.98 Å². The highest BCUT2D eigenvalue weighted by molar-refractivity contribution is 7.71. The van der Waals surface area contributed by atoms with E-state index in [4.69, 9.17) is 16.6 Å². The summed E-state index contributed by atoms with van der Waals surface area (Å²) >= 11 is 4.95. The number of hydrogen-bond acceptors (Lipinski definition) is 3. The van der Waals surface area contributed by atoms with Gasteiger partial charge in [0.05, 0.1) is 10.9 Å². The number of rotatable bonds is 0. The van der Waals surface area contributed by atoms with Crippen molar-refractivity contribution in [2.45, 2.75) is 0 Å². The average Bonchev–Trinajstić information content (AvgIpc) is 2.06. The number of benzene rings is 1. The van der Waals surface area contributed by atoms with Crippen LogP contribution in [0.15, 0.2) is 35.1 Å². The number of fused-ring (bicyclic) bond motifs is 1. The molecule has 0 amide bonds. The lowest BCUT2D eigenvalue weighted by atomic mass is 10.2. The van der Waals surface area contributed by atoms with Crippen molar-refractivity contribution in [3.8, 4) is 0 Å². The van der Waals surface area contributed by atoms with Crippen LogP contribution in [0.25, 0.3) is 10.9 Å². The summed E-state index contributed by atoms with van der Waals surface area (Å²) in [6, 6.07) is 7.63. The second-order valence-corrected chi connectivity index (χ2v) is 2.53. The van der Waals surface area contributed by atoms with Crippen LogP contribution in [0.5, 0.6) is 0 Å². The van der Waals surface area contributed by atoms with Crippen LogP contribution in [0.3, 0.4) is 0 Å². The number of aromatic nitrogens is 1. The molecule has 0 atom stereocenters. The maximum atomic E-state index is 4.95. The lowest BCUT2D eigenvalue weighted by molar-refractivity contribution is 0.522. The molecule has 2 nitrogen and oxygen atoms in total. The molecule has 1 heterocycles. The molecule has 0 aliphatic rings. The van der Waals surface area contributed by atoms with E-state index >= 15 is 0 Å². The van der Waals surface area contributed by atoms with E-state index < -0.39 is 0 Å². The van der Waals surface area contributed by atoms with Gasteiger partial charge in [0, 0.05) is 0 Å². The number of hydrogen-bond donors (Lipinski definition) is 0. The SMILES string of the molecule is S=c1ocnc2ccccc12. The molecule has 0 radical (unpaired) electrons. The summed E-state index contributed by atoms with van der Waals surface area (Å²) in [4.78, 5) is 4.01. The van der Waals surface area contributed by atoms with Crippen molar-refractivity contribution >= 4 is 23.1 Å². The van der Waals surface area contributed by atoms with Crippen LogP contribution in [0.2, 0.25) is 0 Å². The Kier molecular flexibility index (Phi) is 1.43. The Labute approximate surface area is 68.5 Å². The van der Waals surface area contributed by atoms with Crippen molar-refractivity contribution < 1.29 is 4.42 Å². The smallest absolute Gasteiger partial charge is 0.201 e. The van der Waals surface area contributed by atoms with Gasteiger partial charge in [0.2, 0.25) is 4.71 Å². The third-order valence-electron chi connectivity index (χ3n) is 1.48. The third-order valence-corrected chi connectivity index (χ3v) is 1.79. The van der Waals surface area contributed by atoms with Crippen molar-refractivity contribution in [1.82, 2.24) is 4.98 Å². The summed E-state index contributed by atoms with van der Waals surface area (Å²) in [6.07, 6.45) is 1.37. The molecule has 1 aromatic carbocycles. The molecule has 0 unspecified atom stereocenters. The first-order valence-corrected chi connectivity index (χ1v) is 3.61. The normalized spacial score (nSPS) is 10.2. The van der Waals surface area contributed by atoms with E-state index in [9.17, 15) is 0 Å². The first kappa shape index (κ1) is 6.49. The van der Waals surface area contributed by atoms with Gasteiger partial charge < -0.3 is 4.42 Å². The quantitative estimate of drug-likeness (QED) is 0.558. The molecule has 54 valence electrons. The van der Waals surface area contributed by atoms with Crippen LogP contribution < -0.4 is 0 Å². The second kappa shape index (κ2) is 2.43. The van der Waals surface area contributed by atoms with Crippen molar-refractivity contribution in [3.63, 3.8) is 0 Å². The van der Waals surface area contributed by atoms with Crippen molar-refractivity contribution in [3.05, 3.63) is 35.4 Å². The summed E-state index contributed by atoms with van der Waals surface area (Å²) in [7, 11) is 0. The van der Waals surface area contributed by atoms with Crippen molar-refractivity contribution in [1.29, 1.82) is 0 Å². The Morgan fingerprint density at radius 1 is 1.27 bits per heavy atom. The Morgan fingerprint density at radius 3 is 2.91 bits per heavy atom. The van der Waals surface area contributed by atoms with Gasteiger partial charge in [-0.1, -0.05) is 12.1 Å². The van der Waals surface area contributed by atoms with Gasteiger partial charge in [0.15, 0.2) is 6.39 Å². The van der Waals surface area contributed by atoms with Gasteiger partial charge in [-0.2, -0.15) is 0 Å². The minimum absolute atomic E-state index is 0.496. The van der Waals surface area contributed by atoms with E-state index in [1.807, 2.05) is 24.3 Å². The van der Waals surface area contributed by atoms with Crippen molar-refractivity contribution in [2.75, 3.05) is 0 Å². The molecular weight excluding hydrogens is 158 g/mol. The first-order chi connectivity index (χ1) is 5.38. The fourth-order valence-corrected chi connectivity index (χ4v) is 1.17. The molecule has 2 rings (SSSR count). The summed E-state index contributed by atoms with van der Waals surface area (Å²) in [5, 5.41) is 0.894. The lowest BCUT2D eigenvalue weighted by Gasteiger charge is -1.92. The van der Waals surface area contributed by atoms with Crippen LogP contribution in [0.1, 0.15) is 0 Å². The van der Waals surface area contributed by atoms with Crippen LogP contribution in [0, 0.1) is 4.71 Å². The molecule has 2 aromatic rings. The van der Waals surface area contributed by atoms with Crippen molar-refractivity contribution in [2.24, 2.45) is 0 Å². The summed E-state index contributed by atoms with van der Waals surface area (Å²) < 4.78 is 5.44. The highest BCUT2D eigenvalue weighted by atomic mass is 32.1. The van der Waals surface area contributed by atoms with E-state index in [0.717, 1.165) is 10.9 Å². The summed E-state index contributed by atoms with van der Waals surface area (Å²) in [5.74, 6) is 0. The third kappa shape index (κ3) is 1.03. The van der Waals surface area contributed by atoms with Crippen LogP contribution in [0.4, 0.5) is 0 Å². The Bertz CT molecular complexity index is 430. The molecular formula is C8H5NOS. The molecule has 0 fully saturated rings. The fraction of sp³-hybridized carbons (Fsp3) is 0. The molecule has 11 heavy (non-hydrogen) atoms. The molecule has 0 aliphatic heterocycles. The van der Waals surface area contributed by atoms with Gasteiger partial charge in [-0.05, 0) is 24.4 Å². The predicted molar refractivity (Wildman–Crippen MR) is 44.8 cm³/mol. The van der Waals surface area contributed by atoms with Crippen LogP contribution >= 0.6 is 12.2 Å². The Hall–Kier alpha value is -1.22. The molecule has 0 N–H and O–H groups in total. The van der Waals surface area contributed by atoms with E-state index in [1.54, 1.807) is 0 Å². The van der Waals surface area contributed by atoms with Gasteiger partial charge in [0.25, 0.3) is 0 Å². The largest absolute Gasteiger partial charge is 0.434 e. The zero-order valence-corrected chi connectivity index (χ0v) is 6.47. The van der Waals surface area contributed by atoms with Gasteiger partial charge in [-0.25, -0.2) is 4.98 Å². The fourth-order valence-electron chi connectivity index (χ4n) is 0.953. The summed E-state index contributed by atoms with van der Waals surface area (Å²) in [6.45, 7) is 0. The number of para-hydroxylation sites is 1. The van der Waals surface area contributed by atoms with E-state index in [-0.39, 0.29) is 0 Å². The van der Waals surface area contributed by atoms with Crippen LogP contribution in [-0.2, 0) is 0 Å². The maximum Gasteiger partial charge on any atom is 0.201 e. The highest BCUT2D eigenvalue weighted by Crippen LogP contribution is 2.10. The standard InChI is InChI=1S/C8H5NOS/c11-8-6-3-1-2-4-7(6)9-5-10-8/h1-5H. The average molecular weight is 163 g/mol. The zero-order chi connectivity index (χ0) is 7.68. The zero-order valence-electron chi connectivity index (χ0n) is 5.65. The van der Waals surface area contributed by atoms with Gasteiger partial charge in [-0.15, -0.1) is 0 Å². The molecule has 0 bridgehead atoms. The molecule has 0 saturated heterocycles. The second-order valence-electron chi connectivity index (χ2n) is 2.16. The molecule has 1 aromatic heterocycles. The van der Waals surface area contributed by atoms with Gasteiger partial charge >= 0.3 is 0 Å². The molecule has 3 heteroatoms. The van der Waals surface area contributed by atoms with Gasteiger partial charge in [0.1, 0.15) is 0 Å². The van der Waals surface area contributed by atoms with E-state index in [1.165, 1.54) is 6.39 Å². The monoisotopic (exact) mass is 163 g/mol. The topological polar surface area (TPSA) is 26.0 Å². The highest BCUT2D eigenvalue weighted by Gasteiger charge is 1.93. The number of nitrogens with zero attached hydrogens (tertiary/aromatic N) is 1. The van der Waals surface area contributed by atoms with E-state index in [2.05, 4.69) is 4.98 Å². The lowest BCUT2D eigenvalue weighted by Crippen LogP contribution is -1.76. The predicted octanol–water partition coefficient (Wildman–Crippen LogP) is 2.56. The minimum atomic E-state index is 0.496.